The molecular weight excluding hydrogens is 402 g/mol. The Morgan fingerprint density at radius 1 is 1.17 bits per heavy atom. The number of aromatic nitrogens is 1. The van der Waals surface area contributed by atoms with Crippen molar-refractivity contribution in [2.75, 3.05) is 13.1 Å². The molecule has 2 aromatic rings. The van der Waals surface area contributed by atoms with Gasteiger partial charge in [0.05, 0.1) is 10.4 Å². The fraction of sp³-hybridized carbons (Fsp3) is 0.545. The van der Waals surface area contributed by atoms with Crippen LogP contribution in [0.4, 0.5) is 0 Å². The minimum atomic E-state index is -3.58. The molecule has 1 saturated heterocycles. The first-order valence-corrected chi connectivity index (χ1v) is 11.9. The van der Waals surface area contributed by atoms with Gasteiger partial charge in [-0.1, -0.05) is 13.8 Å². The van der Waals surface area contributed by atoms with Crippen molar-refractivity contribution in [3.8, 4) is 0 Å². The van der Waals surface area contributed by atoms with Crippen molar-refractivity contribution in [2.45, 2.75) is 63.9 Å². The van der Waals surface area contributed by atoms with Gasteiger partial charge in [-0.05, 0) is 68.7 Å². The van der Waals surface area contributed by atoms with Gasteiger partial charge in [0.2, 0.25) is 15.9 Å². The number of nitrogens with zero attached hydrogens (tertiary/aromatic N) is 2. The number of hydrogen-bond acceptors (Lipinski definition) is 4. The summed E-state index contributed by atoms with van der Waals surface area (Å²) in [6.45, 7) is 8.90. The molecule has 164 valence electrons. The summed E-state index contributed by atoms with van der Waals surface area (Å²) in [4.78, 5) is 25.1. The smallest absolute Gasteiger partial charge is 0.251 e. The van der Waals surface area contributed by atoms with Crippen molar-refractivity contribution in [2.24, 2.45) is 5.92 Å². The SMILES string of the molecule is CCC(C)(C)NC(=O)Cn1c(=O)ccc2cc(S(=O)(=O)N3CCC(C)CC3)ccc21. The molecule has 1 aliphatic heterocycles. The number of sulfonamides is 1. The number of piperidine rings is 1. The van der Waals surface area contributed by atoms with Gasteiger partial charge in [-0.3, -0.25) is 14.2 Å². The van der Waals surface area contributed by atoms with Crippen LogP contribution in [0.3, 0.4) is 0 Å². The molecule has 1 aliphatic rings. The van der Waals surface area contributed by atoms with E-state index in [-0.39, 0.29) is 28.4 Å². The average Bonchev–Trinajstić information content (AvgIpc) is 2.69. The summed E-state index contributed by atoms with van der Waals surface area (Å²) in [5.74, 6) is 0.280. The molecule has 0 bridgehead atoms. The van der Waals surface area contributed by atoms with Gasteiger partial charge in [-0.2, -0.15) is 4.31 Å². The molecule has 30 heavy (non-hydrogen) atoms. The van der Waals surface area contributed by atoms with Crippen molar-refractivity contribution in [3.63, 3.8) is 0 Å². The van der Waals surface area contributed by atoms with Crippen molar-refractivity contribution in [1.82, 2.24) is 14.2 Å². The molecule has 1 N–H and O–H groups in total. The number of amides is 1. The highest BCUT2D eigenvalue weighted by Crippen LogP contribution is 2.25. The first kappa shape index (κ1) is 22.5. The minimum Gasteiger partial charge on any atom is -0.350 e. The Labute approximate surface area is 178 Å². The topological polar surface area (TPSA) is 88.5 Å². The van der Waals surface area contributed by atoms with Gasteiger partial charge in [-0.15, -0.1) is 0 Å². The first-order valence-electron chi connectivity index (χ1n) is 10.5. The van der Waals surface area contributed by atoms with E-state index in [0.29, 0.717) is 29.9 Å². The molecule has 0 atom stereocenters. The van der Waals surface area contributed by atoms with Crippen LogP contribution < -0.4 is 10.9 Å². The average molecular weight is 434 g/mol. The molecule has 0 aliphatic carbocycles. The van der Waals surface area contributed by atoms with Crippen molar-refractivity contribution in [1.29, 1.82) is 0 Å². The van der Waals surface area contributed by atoms with Crippen LogP contribution in [0.25, 0.3) is 10.9 Å². The highest BCUT2D eigenvalue weighted by atomic mass is 32.2. The Bertz CT molecular complexity index is 1100. The molecule has 1 aromatic carbocycles. The number of carbonyl (C=O) groups is 1. The lowest BCUT2D eigenvalue weighted by atomic mass is 10.0. The molecule has 0 saturated carbocycles. The van der Waals surface area contributed by atoms with E-state index < -0.39 is 10.0 Å². The molecule has 8 heteroatoms. The third-order valence-corrected chi connectivity index (χ3v) is 7.90. The number of rotatable bonds is 6. The monoisotopic (exact) mass is 433 g/mol. The van der Waals surface area contributed by atoms with E-state index in [9.17, 15) is 18.0 Å². The van der Waals surface area contributed by atoms with Gasteiger partial charge >= 0.3 is 0 Å². The number of fused-ring (bicyclic) bond motifs is 1. The van der Waals surface area contributed by atoms with E-state index in [4.69, 9.17) is 0 Å². The molecule has 0 radical (unpaired) electrons. The lowest BCUT2D eigenvalue weighted by molar-refractivity contribution is -0.123. The van der Waals surface area contributed by atoms with Crippen LogP contribution in [0.2, 0.25) is 0 Å². The van der Waals surface area contributed by atoms with Gasteiger partial charge in [0.1, 0.15) is 6.54 Å². The molecule has 1 fully saturated rings. The maximum atomic E-state index is 13.1. The Hall–Kier alpha value is -2.19. The predicted molar refractivity (Wildman–Crippen MR) is 118 cm³/mol. The van der Waals surface area contributed by atoms with Crippen molar-refractivity contribution >= 4 is 26.8 Å². The Morgan fingerprint density at radius 3 is 2.47 bits per heavy atom. The zero-order valence-corrected chi connectivity index (χ0v) is 19.0. The number of hydrogen-bond donors (Lipinski definition) is 1. The Balaban J connectivity index is 1.92. The van der Waals surface area contributed by atoms with Crippen LogP contribution in [-0.4, -0.2) is 41.8 Å². The summed E-state index contributed by atoms with van der Waals surface area (Å²) in [5, 5.41) is 3.54. The largest absolute Gasteiger partial charge is 0.350 e. The Kier molecular flexibility index (Phi) is 6.38. The number of carbonyl (C=O) groups excluding carboxylic acids is 1. The molecule has 1 aromatic heterocycles. The molecule has 7 nitrogen and oxygen atoms in total. The number of nitrogens with one attached hydrogen (secondary N) is 1. The van der Waals surface area contributed by atoms with E-state index in [1.54, 1.807) is 18.2 Å². The molecule has 0 unspecified atom stereocenters. The van der Waals surface area contributed by atoms with E-state index >= 15 is 0 Å². The zero-order valence-electron chi connectivity index (χ0n) is 18.1. The fourth-order valence-corrected chi connectivity index (χ4v) is 5.13. The van der Waals surface area contributed by atoms with Gasteiger partial charge in [0.15, 0.2) is 0 Å². The van der Waals surface area contributed by atoms with Gasteiger partial charge in [-0.25, -0.2) is 8.42 Å². The molecule has 3 rings (SSSR count). The van der Waals surface area contributed by atoms with Gasteiger partial charge in [0, 0.05) is 24.7 Å². The van der Waals surface area contributed by atoms with E-state index in [0.717, 1.165) is 19.3 Å². The van der Waals surface area contributed by atoms with E-state index in [1.165, 1.54) is 21.0 Å². The van der Waals surface area contributed by atoms with Crippen LogP contribution in [-0.2, 0) is 21.4 Å². The predicted octanol–water partition coefficient (Wildman–Crippen LogP) is 2.73. The highest BCUT2D eigenvalue weighted by molar-refractivity contribution is 7.89. The maximum Gasteiger partial charge on any atom is 0.251 e. The standard InChI is InChI=1S/C22H31N3O4S/c1-5-22(3,4)23-20(26)15-25-19-8-7-18(14-17(19)6-9-21(25)27)30(28,29)24-12-10-16(2)11-13-24/h6-9,14,16H,5,10-13,15H2,1-4H3,(H,23,26). The zero-order chi connectivity index (χ0) is 22.1. The fourth-order valence-electron chi connectivity index (χ4n) is 3.63. The highest BCUT2D eigenvalue weighted by Gasteiger charge is 2.28. The molecular formula is C22H31N3O4S. The maximum absolute atomic E-state index is 13.1. The first-order chi connectivity index (χ1) is 14.0. The second-order valence-corrected chi connectivity index (χ2v) is 10.8. The van der Waals surface area contributed by atoms with Crippen LogP contribution >= 0.6 is 0 Å². The summed E-state index contributed by atoms with van der Waals surface area (Å²) in [5.41, 5.74) is -0.121. The van der Waals surface area contributed by atoms with Crippen LogP contribution in [0.15, 0.2) is 40.0 Å². The second-order valence-electron chi connectivity index (χ2n) is 8.85. The molecule has 2 heterocycles. The van der Waals surface area contributed by atoms with E-state index in [2.05, 4.69) is 12.2 Å². The molecule has 0 spiro atoms. The summed E-state index contributed by atoms with van der Waals surface area (Å²) in [7, 11) is -3.58. The van der Waals surface area contributed by atoms with Crippen LogP contribution in [0.1, 0.15) is 47.0 Å². The Morgan fingerprint density at radius 2 is 1.83 bits per heavy atom. The summed E-state index contributed by atoms with van der Waals surface area (Å²) in [6.07, 6.45) is 2.48. The van der Waals surface area contributed by atoms with Crippen LogP contribution in [0.5, 0.6) is 0 Å². The van der Waals surface area contributed by atoms with Gasteiger partial charge < -0.3 is 5.32 Å². The van der Waals surface area contributed by atoms with Crippen LogP contribution in [0, 0.1) is 5.92 Å². The van der Waals surface area contributed by atoms with Gasteiger partial charge in [0.25, 0.3) is 5.56 Å². The normalized spacial score (nSPS) is 16.7. The number of benzene rings is 1. The van der Waals surface area contributed by atoms with Crippen molar-refractivity contribution in [3.05, 3.63) is 40.7 Å². The quantitative estimate of drug-likeness (QED) is 0.759. The lowest BCUT2D eigenvalue weighted by Crippen LogP contribution is -2.45. The third kappa shape index (κ3) is 4.75. The summed E-state index contributed by atoms with van der Waals surface area (Å²) >= 11 is 0. The second kappa shape index (κ2) is 8.51. The molecule has 1 amide bonds. The summed E-state index contributed by atoms with van der Waals surface area (Å²) in [6, 6.07) is 7.72. The number of pyridine rings is 1. The third-order valence-electron chi connectivity index (χ3n) is 6.01. The van der Waals surface area contributed by atoms with Crippen molar-refractivity contribution < 1.29 is 13.2 Å². The lowest BCUT2D eigenvalue weighted by Gasteiger charge is -2.29. The summed E-state index contributed by atoms with van der Waals surface area (Å²) < 4.78 is 29.0. The minimum absolute atomic E-state index is 0.115. The van der Waals surface area contributed by atoms with E-state index in [1.807, 2.05) is 20.8 Å².